The molecule has 3 aromatic heterocycles. The molecule has 21 heavy (non-hydrogen) atoms. The molecule has 0 radical (unpaired) electrons. The monoisotopic (exact) mass is 283 g/mol. The highest BCUT2D eigenvalue weighted by atomic mass is 16.4. The molecular weight excluding hydrogens is 274 g/mol. The van der Waals surface area contributed by atoms with Crippen molar-refractivity contribution >= 4 is 17.0 Å². The molecule has 0 aliphatic rings. The molecule has 0 bridgehead atoms. The number of hydrogen-bond acceptors (Lipinski definition) is 6. The van der Waals surface area contributed by atoms with Crippen molar-refractivity contribution in [1.29, 1.82) is 5.26 Å². The van der Waals surface area contributed by atoms with Gasteiger partial charge in [0.2, 0.25) is 0 Å². The summed E-state index contributed by atoms with van der Waals surface area (Å²) < 4.78 is 2.82. The number of nitriles is 1. The summed E-state index contributed by atoms with van der Waals surface area (Å²) in [7, 11) is 1.72. The van der Waals surface area contributed by atoms with Gasteiger partial charge in [-0.25, -0.2) is 19.4 Å². The van der Waals surface area contributed by atoms with Gasteiger partial charge in [-0.05, 0) is 6.92 Å². The maximum absolute atomic E-state index is 11.4. The van der Waals surface area contributed by atoms with Crippen molar-refractivity contribution in [2.45, 2.75) is 6.92 Å². The zero-order chi connectivity index (χ0) is 15.1. The number of hydrogen-bond donors (Lipinski definition) is 1. The van der Waals surface area contributed by atoms with Crippen molar-refractivity contribution in [3.63, 3.8) is 0 Å². The summed E-state index contributed by atoms with van der Waals surface area (Å²) in [6, 6.07) is 1.81. The molecule has 0 amide bonds. The zero-order valence-electron chi connectivity index (χ0n) is 11.1. The Morgan fingerprint density at radius 3 is 2.76 bits per heavy atom. The lowest BCUT2D eigenvalue weighted by Gasteiger charge is -2.07. The van der Waals surface area contributed by atoms with Gasteiger partial charge in [-0.1, -0.05) is 0 Å². The number of carbonyl (C=O) groups is 1. The first-order chi connectivity index (χ1) is 10.0. The van der Waals surface area contributed by atoms with Crippen LogP contribution >= 0.6 is 0 Å². The second kappa shape index (κ2) is 4.38. The minimum absolute atomic E-state index is 0.0343. The lowest BCUT2D eigenvalue weighted by Crippen LogP contribution is -2.08. The predicted molar refractivity (Wildman–Crippen MR) is 69.8 cm³/mol. The summed E-state index contributed by atoms with van der Waals surface area (Å²) in [6.45, 7) is 1.75. The van der Waals surface area contributed by atoms with Crippen LogP contribution in [0.2, 0.25) is 0 Å². The van der Waals surface area contributed by atoms with Crippen molar-refractivity contribution in [1.82, 2.24) is 29.5 Å². The molecule has 1 N–H and O–H groups in total. The van der Waals surface area contributed by atoms with Gasteiger partial charge in [0.15, 0.2) is 5.65 Å². The summed E-state index contributed by atoms with van der Waals surface area (Å²) in [5.41, 5.74) is 1.41. The number of fused-ring (bicyclic) bond motifs is 1. The van der Waals surface area contributed by atoms with Gasteiger partial charge in [0.1, 0.15) is 18.0 Å². The highest BCUT2D eigenvalue weighted by Crippen LogP contribution is 2.26. The third kappa shape index (κ3) is 1.81. The molecule has 0 atom stereocenters. The van der Waals surface area contributed by atoms with Gasteiger partial charge < -0.3 is 5.11 Å². The van der Waals surface area contributed by atoms with E-state index >= 15 is 0 Å². The molecule has 0 spiro atoms. The molecule has 0 aromatic carbocycles. The topological polar surface area (TPSA) is 123 Å². The highest BCUT2D eigenvalue weighted by molar-refractivity contribution is 6.00. The summed E-state index contributed by atoms with van der Waals surface area (Å²) >= 11 is 0. The molecule has 3 rings (SSSR count). The number of pyridine rings is 1. The Bertz CT molecular complexity index is 916. The molecular formula is C12H9N7O2. The molecule has 9 heteroatoms. The quantitative estimate of drug-likeness (QED) is 0.723. The molecule has 0 saturated heterocycles. The number of aromatic carboxylic acids is 1. The molecule has 0 saturated carbocycles. The lowest BCUT2D eigenvalue weighted by molar-refractivity contribution is 0.0696. The van der Waals surface area contributed by atoms with Crippen LogP contribution in [0.3, 0.4) is 0 Å². The Morgan fingerprint density at radius 1 is 1.38 bits per heavy atom. The van der Waals surface area contributed by atoms with Gasteiger partial charge in [-0.3, -0.25) is 4.68 Å². The number of rotatable bonds is 2. The van der Waals surface area contributed by atoms with Gasteiger partial charge in [0.05, 0.1) is 16.8 Å². The first kappa shape index (κ1) is 12.7. The molecule has 0 unspecified atom stereocenters. The first-order valence-electron chi connectivity index (χ1n) is 5.90. The molecule has 3 aromatic rings. The third-order valence-electron chi connectivity index (χ3n) is 3.05. The van der Waals surface area contributed by atoms with Crippen LogP contribution in [0, 0.1) is 18.3 Å². The van der Waals surface area contributed by atoms with Crippen molar-refractivity contribution in [3.05, 3.63) is 29.6 Å². The fraction of sp³-hybridized carbons (Fsp3) is 0.167. The van der Waals surface area contributed by atoms with E-state index < -0.39 is 5.97 Å². The van der Waals surface area contributed by atoms with Gasteiger partial charge >= 0.3 is 5.97 Å². The first-order valence-corrected chi connectivity index (χ1v) is 5.90. The van der Waals surface area contributed by atoms with Crippen molar-refractivity contribution in [2.75, 3.05) is 0 Å². The number of carboxylic acid groups (broad SMARTS) is 1. The zero-order valence-corrected chi connectivity index (χ0v) is 11.1. The van der Waals surface area contributed by atoms with Crippen LogP contribution in [-0.4, -0.2) is 40.6 Å². The minimum atomic E-state index is -1.14. The predicted octanol–water partition coefficient (Wildman–Crippen LogP) is 0.427. The summed E-state index contributed by atoms with van der Waals surface area (Å²) in [5, 5.41) is 26.9. The Morgan fingerprint density at radius 2 is 2.14 bits per heavy atom. The normalized spacial score (nSPS) is 10.7. The Kier molecular flexibility index (Phi) is 2.66. The van der Waals surface area contributed by atoms with Crippen LogP contribution in [0.4, 0.5) is 0 Å². The minimum Gasteiger partial charge on any atom is -0.478 e. The van der Waals surface area contributed by atoms with Crippen molar-refractivity contribution in [2.24, 2.45) is 7.05 Å². The fourth-order valence-electron chi connectivity index (χ4n) is 2.21. The molecule has 0 aliphatic heterocycles. The van der Waals surface area contributed by atoms with E-state index in [0.29, 0.717) is 22.4 Å². The SMILES string of the molecule is Cc1nn(C)c2ncc(C(=O)O)c(-n3cnc(C#N)n3)c12. The van der Waals surface area contributed by atoms with E-state index in [9.17, 15) is 9.90 Å². The van der Waals surface area contributed by atoms with Crippen LogP contribution in [0.25, 0.3) is 16.7 Å². The average Bonchev–Trinajstić information content (AvgIpc) is 3.03. The number of aromatic nitrogens is 6. The largest absolute Gasteiger partial charge is 0.478 e. The smallest absolute Gasteiger partial charge is 0.339 e. The van der Waals surface area contributed by atoms with Crippen LogP contribution in [0.1, 0.15) is 21.9 Å². The van der Waals surface area contributed by atoms with Crippen LogP contribution in [-0.2, 0) is 7.05 Å². The van der Waals surface area contributed by atoms with Crippen LogP contribution in [0.5, 0.6) is 0 Å². The molecule has 0 aliphatic carbocycles. The van der Waals surface area contributed by atoms with Gasteiger partial charge in [-0.2, -0.15) is 10.4 Å². The third-order valence-corrected chi connectivity index (χ3v) is 3.05. The van der Waals surface area contributed by atoms with E-state index in [1.54, 1.807) is 24.7 Å². The van der Waals surface area contributed by atoms with Gasteiger partial charge in [0, 0.05) is 13.2 Å². The molecule has 104 valence electrons. The van der Waals surface area contributed by atoms with Crippen LogP contribution < -0.4 is 0 Å². The standard InChI is InChI=1S/C12H9N7O2/c1-6-9-10(19-5-15-8(3-13)17-19)7(12(20)21)4-14-11(9)18(2)16-6/h4-5H,1-2H3,(H,20,21). The van der Waals surface area contributed by atoms with E-state index in [1.807, 2.05) is 0 Å². The van der Waals surface area contributed by atoms with E-state index in [-0.39, 0.29) is 11.4 Å². The number of carboxylic acids is 1. The summed E-state index contributed by atoms with van der Waals surface area (Å²) in [4.78, 5) is 19.4. The highest BCUT2D eigenvalue weighted by Gasteiger charge is 2.21. The summed E-state index contributed by atoms with van der Waals surface area (Å²) in [6.07, 6.45) is 2.54. The Balaban J connectivity index is 2.44. The fourth-order valence-corrected chi connectivity index (χ4v) is 2.21. The lowest BCUT2D eigenvalue weighted by atomic mass is 10.1. The molecule has 3 heterocycles. The summed E-state index contributed by atoms with van der Waals surface area (Å²) in [5.74, 6) is -1.19. The maximum Gasteiger partial charge on any atom is 0.339 e. The number of nitrogens with zero attached hydrogens (tertiary/aromatic N) is 7. The Hall–Kier alpha value is -3.28. The van der Waals surface area contributed by atoms with Crippen molar-refractivity contribution in [3.8, 4) is 11.8 Å². The van der Waals surface area contributed by atoms with E-state index in [0.717, 1.165) is 0 Å². The van der Waals surface area contributed by atoms with Crippen molar-refractivity contribution < 1.29 is 9.90 Å². The Labute approximate surface area is 118 Å². The van der Waals surface area contributed by atoms with E-state index in [2.05, 4.69) is 20.2 Å². The van der Waals surface area contributed by atoms with Gasteiger partial charge in [0.25, 0.3) is 5.82 Å². The number of aryl methyl sites for hydroxylation is 2. The second-order valence-electron chi connectivity index (χ2n) is 4.36. The van der Waals surface area contributed by atoms with E-state index in [1.165, 1.54) is 17.2 Å². The van der Waals surface area contributed by atoms with E-state index in [4.69, 9.17) is 5.26 Å². The molecule has 9 nitrogen and oxygen atoms in total. The van der Waals surface area contributed by atoms with Crippen LogP contribution in [0.15, 0.2) is 12.5 Å². The average molecular weight is 283 g/mol. The van der Waals surface area contributed by atoms with Gasteiger partial charge in [-0.15, -0.1) is 5.10 Å². The molecule has 0 fully saturated rings. The maximum atomic E-state index is 11.4. The second-order valence-corrected chi connectivity index (χ2v) is 4.36.